The Kier molecular flexibility index (Phi) is 4.28. The highest BCUT2D eigenvalue weighted by atomic mass is 32.2. The van der Waals surface area contributed by atoms with E-state index in [2.05, 4.69) is 0 Å². The third-order valence-electron chi connectivity index (χ3n) is 2.76. The van der Waals surface area contributed by atoms with E-state index in [1.54, 1.807) is 0 Å². The third kappa shape index (κ3) is 3.16. The maximum atomic E-state index is 11.7. The number of amides is 1. The summed E-state index contributed by atoms with van der Waals surface area (Å²) in [5.74, 6) is -0.741. The number of hydrogen-bond acceptors (Lipinski definition) is 4. The molecule has 0 heterocycles. The molecule has 0 aromatic rings. The average Bonchev–Trinajstić information content (AvgIpc) is 2.17. The second-order valence-electron chi connectivity index (χ2n) is 4.19. The highest BCUT2D eigenvalue weighted by Crippen LogP contribution is 2.24. The van der Waals surface area contributed by atoms with Crippen molar-refractivity contribution in [2.75, 3.05) is 0 Å². The molecule has 94 valence electrons. The molecule has 1 atom stereocenters. The Balaban J connectivity index is 2.91. The van der Waals surface area contributed by atoms with Crippen LogP contribution in [-0.4, -0.2) is 35.3 Å². The van der Waals surface area contributed by atoms with Crippen LogP contribution in [0.5, 0.6) is 0 Å². The zero-order valence-electron chi connectivity index (χ0n) is 9.30. The second-order valence-corrected chi connectivity index (χ2v) is 5.48. The van der Waals surface area contributed by atoms with Crippen molar-refractivity contribution in [1.82, 2.24) is 4.31 Å². The molecule has 0 aliphatic heterocycles. The van der Waals surface area contributed by atoms with Crippen LogP contribution in [0.25, 0.3) is 0 Å². The summed E-state index contributed by atoms with van der Waals surface area (Å²) in [6.45, 7) is 1.41. The van der Waals surface area contributed by atoms with E-state index in [0.717, 1.165) is 19.3 Å². The number of nitrogens with zero attached hydrogens (tertiary/aromatic N) is 1. The largest absolute Gasteiger partial charge is 0.362 e. The van der Waals surface area contributed by atoms with Crippen LogP contribution >= 0.6 is 0 Å². The lowest BCUT2D eigenvalue weighted by Gasteiger charge is -2.32. The number of nitrogens with two attached hydrogens (primary N) is 1. The molecule has 0 unspecified atom stereocenters. The van der Waals surface area contributed by atoms with Gasteiger partial charge in [0.05, 0.1) is 12.1 Å². The molecule has 7 heteroatoms. The van der Waals surface area contributed by atoms with Crippen LogP contribution in [0.3, 0.4) is 0 Å². The second kappa shape index (κ2) is 5.11. The average molecular weight is 250 g/mol. The van der Waals surface area contributed by atoms with Gasteiger partial charge >= 0.3 is 10.3 Å². The van der Waals surface area contributed by atoms with Gasteiger partial charge in [-0.3, -0.25) is 9.35 Å². The minimum absolute atomic E-state index is 0.442. The van der Waals surface area contributed by atoms with Crippen LogP contribution in [0.4, 0.5) is 0 Å². The number of hydrogen-bond donors (Lipinski definition) is 2. The van der Waals surface area contributed by atoms with Crippen LogP contribution in [0.1, 0.15) is 39.0 Å². The summed E-state index contributed by atoms with van der Waals surface area (Å²) in [5.41, 5.74) is 5.37. The number of rotatable bonds is 3. The van der Waals surface area contributed by atoms with Crippen molar-refractivity contribution in [3.05, 3.63) is 0 Å². The molecule has 16 heavy (non-hydrogen) atoms. The normalized spacial score (nSPS) is 20.4. The van der Waals surface area contributed by atoms with Gasteiger partial charge in [-0.2, -0.15) is 8.42 Å². The van der Waals surface area contributed by atoms with Crippen molar-refractivity contribution < 1.29 is 17.8 Å². The van der Waals surface area contributed by atoms with Gasteiger partial charge in [-0.05, 0) is 19.8 Å². The Hall–Kier alpha value is -0.660. The molecule has 1 aliphatic rings. The smallest absolute Gasteiger partial charge is 0.320 e. The van der Waals surface area contributed by atoms with E-state index >= 15 is 0 Å². The Morgan fingerprint density at radius 3 is 2.25 bits per heavy atom. The van der Waals surface area contributed by atoms with Crippen molar-refractivity contribution in [2.24, 2.45) is 5.73 Å². The third-order valence-corrected chi connectivity index (χ3v) is 3.74. The van der Waals surface area contributed by atoms with Crippen LogP contribution in [-0.2, 0) is 15.1 Å². The quantitative estimate of drug-likeness (QED) is 0.701. The fraction of sp³-hybridized carbons (Fsp3) is 0.889. The predicted octanol–water partition coefficient (Wildman–Crippen LogP) is 0.298. The zero-order valence-corrected chi connectivity index (χ0v) is 10.1. The lowest BCUT2D eigenvalue weighted by molar-refractivity contribution is -0.129. The Morgan fingerprint density at radius 2 is 1.88 bits per heavy atom. The molecule has 1 aliphatic carbocycles. The van der Waals surface area contributed by atoms with Crippen LogP contribution in [0.15, 0.2) is 0 Å². The molecule has 1 rings (SSSR count). The topological polar surface area (TPSA) is 101 Å². The van der Waals surface area contributed by atoms with Gasteiger partial charge in [0.2, 0.25) is 0 Å². The van der Waals surface area contributed by atoms with E-state index in [-0.39, 0.29) is 0 Å². The minimum Gasteiger partial charge on any atom is -0.320 e. The van der Waals surface area contributed by atoms with Crippen molar-refractivity contribution in [1.29, 1.82) is 0 Å². The first-order valence-corrected chi connectivity index (χ1v) is 6.80. The molecular weight excluding hydrogens is 232 g/mol. The van der Waals surface area contributed by atoms with Crippen LogP contribution in [0, 0.1) is 0 Å². The first kappa shape index (κ1) is 13.4. The SMILES string of the molecule is C[C@H](N)C(=O)N(C1CCCCC1)S(=O)(=O)O. The molecule has 6 nitrogen and oxygen atoms in total. The first-order chi connectivity index (χ1) is 7.34. The van der Waals surface area contributed by atoms with E-state index in [4.69, 9.17) is 10.3 Å². The van der Waals surface area contributed by atoms with Gasteiger partial charge in [-0.25, -0.2) is 4.31 Å². The Morgan fingerprint density at radius 1 is 1.38 bits per heavy atom. The summed E-state index contributed by atoms with van der Waals surface area (Å²) in [6, 6.07) is -1.37. The maximum absolute atomic E-state index is 11.7. The molecule has 0 spiro atoms. The molecule has 3 N–H and O–H groups in total. The van der Waals surface area contributed by atoms with Crippen molar-refractivity contribution in [3.63, 3.8) is 0 Å². The maximum Gasteiger partial charge on any atom is 0.362 e. The van der Waals surface area contributed by atoms with E-state index in [1.165, 1.54) is 6.92 Å². The fourth-order valence-electron chi connectivity index (χ4n) is 2.00. The van der Waals surface area contributed by atoms with Crippen molar-refractivity contribution in [2.45, 2.75) is 51.1 Å². The Labute approximate surface area is 95.7 Å². The first-order valence-electron chi connectivity index (χ1n) is 5.40. The summed E-state index contributed by atoms with van der Waals surface area (Å²) in [5, 5.41) is 0. The Bertz CT molecular complexity index is 347. The highest BCUT2D eigenvalue weighted by molar-refractivity contribution is 7.84. The van der Waals surface area contributed by atoms with E-state index in [0.29, 0.717) is 17.1 Å². The molecule has 1 amide bonds. The van der Waals surface area contributed by atoms with Gasteiger partial charge in [0, 0.05) is 0 Å². The van der Waals surface area contributed by atoms with Gasteiger partial charge in [-0.15, -0.1) is 0 Å². The van der Waals surface area contributed by atoms with Crippen molar-refractivity contribution >= 4 is 16.2 Å². The fourth-order valence-corrected chi connectivity index (χ4v) is 2.98. The standard InChI is InChI=1S/C9H18N2O4S/c1-7(10)9(12)11(16(13,14)15)8-5-3-2-4-6-8/h7-8H,2-6,10H2,1H3,(H,13,14,15)/t7-/m0/s1. The summed E-state index contributed by atoms with van der Waals surface area (Å²) in [6.07, 6.45) is 3.95. The van der Waals surface area contributed by atoms with Gasteiger partial charge in [0.15, 0.2) is 0 Å². The van der Waals surface area contributed by atoms with E-state index in [9.17, 15) is 13.2 Å². The monoisotopic (exact) mass is 250 g/mol. The lowest BCUT2D eigenvalue weighted by atomic mass is 9.95. The summed E-state index contributed by atoms with van der Waals surface area (Å²) < 4.78 is 32.0. The van der Waals surface area contributed by atoms with E-state index < -0.39 is 28.3 Å². The summed E-state index contributed by atoms with van der Waals surface area (Å²) in [7, 11) is -4.50. The highest BCUT2D eigenvalue weighted by Gasteiger charge is 2.35. The number of carbonyl (C=O) groups excluding carboxylic acids is 1. The molecule has 1 fully saturated rings. The van der Waals surface area contributed by atoms with Gasteiger partial charge in [0.25, 0.3) is 5.91 Å². The zero-order chi connectivity index (χ0) is 12.3. The number of carbonyl (C=O) groups is 1. The van der Waals surface area contributed by atoms with E-state index in [1.807, 2.05) is 0 Å². The molecule has 0 saturated heterocycles. The molecule has 0 radical (unpaired) electrons. The van der Waals surface area contributed by atoms with Gasteiger partial charge in [0.1, 0.15) is 0 Å². The molecule has 0 aromatic heterocycles. The predicted molar refractivity (Wildman–Crippen MR) is 58.9 cm³/mol. The molecular formula is C9H18N2O4S. The molecule has 0 aromatic carbocycles. The summed E-state index contributed by atoms with van der Waals surface area (Å²) in [4.78, 5) is 11.7. The van der Waals surface area contributed by atoms with Gasteiger partial charge in [-0.1, -0.05) is 19.3 Å². The van der Waals surface area contributed by atoms with Crippen LogP contribution < -0.4 is 5.73 Å². The summed E-state index contributed by atoms with van der Waals surface area (Å²) >= 11 is 0. The molecule has 0 bridgehead atoms. The van der Waals surface area contributed by atoms with Gasteiger partial charge < -0.3 is 5.73 Å². The van der Waals surface area contributed by atoms with Crippen LogP contribution in [0.2, 0.25) is 0 Å². The minimum atomic E-state index is -4.50. The lowest BCUT2D eigenvalue weighted by Crippen LogP contribution is -2.50. The molecule has 1 saturated carbocycles. The van der Waals surface area contributed by atoms with Crippen molar-refractivity contribution in [3.8, 4) is 0 Å².